The predicted octanol–water partition coefficient (Wildman–Crippen LogP) is 3.02. The maximum atomic E-state index is 12.4. The van der Waals surface area contributed by atoms with Gasteiger partial charge in [-0.3, -0.25) is 0 Å². The van der Waals surface area contributed by atoms with E-state index >= 15 is 0 Å². The van der Waals surface area contributed by atoms with Gasteiger partial charge in [0.05, 0.1) is 22.1 Å². The lowest BCUT2D eigenvalue weighted by Crippen LogP contribution is -2.07. The second-order valence-corrected chi connectivity index (χ2v) is 7.53. The molecule has 128 valence electrons. The summed E-state index contributed by atoms with van der Waals surface area (Å²) in [4.78, 5) is 22.9. The van der Waals surface area contributed by atoms with E-state index in [-0.39, 0.29) is 17.6 Å². The molecule has 1 atom stereocenters. The quantitative estimate of drug-likeness (QED) is 0.863. The van der Waals surface area contributed by atoms with E-state index in [1.165, 1.54) is 12.6 Å². The number of aromatic nitrogens is 3. The average Bonchev–Trinajstić information content (AvgIpc) is 2.46. The van der Waals surface area contributed by atoms with Crippen LogP contribution in [0.25, 0.3) is 0 Å². The number of carbonyl (C=O) groups is 1. The minimum atomic E-state index is -2.74. The summed E-state index contributed by atoms with van der Waals surface area (Å²) in [5, 5.41) is 3.05. The van der Waals surface area contributed by atoms with Crippen LogP contribution in [-0.2, 0) is 20.2 Å². The van der Waals surface area contributed by atoms with E-state index in [4.69, 9.17) is 16.3 Å². The number of carbonyl (C=O) groups excluding carboxylic acids is 1. The highest BCUT2D eigenvalue weighted by Gasteiger charge is 2.09. The zero-order valence-corrected chi connectivity index (χ0v) is 14.7. The highest BCUT2D eigenvalue weighted by Crippen LogP contribution is 2.17. The molecule has 0 radical (unpaired) electrons. The Balaban J connectivity index is 2.15. The maximum absolute atomic E-state index is 12.4. The highest BCUT2D eigenvalue weighted by atomic mass is 35.5. The minimum absolute atomic E-state index is 0.0773. The van der Waals surface area contributed by atoms with Gasteiger partial charge in [-0.25, -0.2) is 19.0 Å². The van der Waals surface area contributed by atoms with E-state index in [9.17, 15) is 9.00 Å². The van der Waals surface area contributed by atoms with Crippen LogP contribution < -0.4 is 5.32 Å². The van der Waals surface area contributed by atoms with Gasteiger partial charge in [-0.15, -0.1) is 4.36 Å². The molecule has 0 saturated heterocycles. The minimum Gasteiger partial charge on any atom is -0.448 e. The number of hydrogen-bond acceptors (Lipinski definition) is 7. The second-order valence-electron chi connectivity index (χ2n) is 4.80. The summed E-state index contributed by atoms with van der Waals surface area (Å²) in [7, 11) is -2.74. The van der Waals surface area contributed by atoms with Gasteiger partial charge in [0, 0.05) is 11.9 Å². The molecule has 10 heteroatoms. The summed E-state index contributed by atoms with van der Waals surface area (Å²) in [6.45, 7) is 1.85. The Kier molecular flexibility index (Phi) is 6.04. The Morgan fingerprint density at radius 3 is 2.92 bits per heavy atom. The fourth-order valence-corrected chi connectivity index (χ4v) is 3.21. The predicted molar refractivity (Wildman–Crippen MR) is 91.8 cm³/mol. The van der Waals surface area contributed by atoms with Crippen LogP contribution in [-0.4, -0.2) is 38.1 Å². The van der Waals surface area contributed by atoms with Crippen molar-refractivity contribution < 1.29 is 13.7 Å². The molecule has 0 aliphatic rings. The molecule has 2 rings (SSSR count). The van der Waals surface area contributed by atoms with Crippen molar-refractivity contribution in [3.05, 3.63) is 41.4 Å². The molecule has 0 saturated carbocycles. The monoisotopic (exact) mass is 369 g/mol. The molecule has 0 spiro atoms. The maximum Gasteiger partial charge on any atom is 0.441 e. The molecule has 1 amide bonds. The zero-order chi connectivity index (χ0) is 17.6. The van der Waals surface area contributed by atoms with E-state index in [0.29, 0.717) is 11.6 Å². The number of halogens is 1. The summed E-state index contributed by atoms with van der Waals surface area (Å²) in [5.41, 5.74) is 1.42. The molecule has 0 fully saturated rings. The third kappa shape index (κ3) is 5.74. The number of rotatable bonds is 5. The van der Waals surface area contributed by atoms with Gasteiger partial charge in [-0.2, -0.15) is 4.98 Å². The molecule has 1 N–H and O–H groups in total. The number of anilines is 2. The van der Waals surface area contributed by atoms with Crippen molar-refractivity contribution in [1.82, 2.24) is 15.0 Å². The van der Waals surface area contributed by atoms with Crippen LogP contribution in [0.1, 0.15) is 12.5 Å². The van der Waals surface area contributed by atoms with Gasteiger partial charge in [-0.05, 0) is 36.2 Å². The lowest BCUT2D eigenvalue weighted by molar-refractivity contribution is 0.164. The van der Waals surface area contributed by atoms with Crippen LogP contribution in [0.15, 0.2) is 35.0 Å². The Hall–Kier alpha value is -2.26. The molecule has 1 unspecified atom stereocenters. The lowest BCUT2D eigenvalue weighted by Gasteiger charge is -2.08. The lowest BCUT2D eigenvalue weighted by atomic mass is 10.2. The molecule has 24 heavy (non-hydrogen) atoms. The van der Waals surface area contributed by atoms with Gasteiger partial charge in [0.2, 0.25) is 11.2 Å². The molecule has 1 heterocycles. The fourth-order valence-electron chi connectivity index (χ4n) is 1.85. The molecule has 1 aromatic carbocycles. The first-order chi connectivity index (χ1) is 11.4. The number of nitrogens with zero attached hydrogens (tertiary/aromatic N) is 4. The molecular weight excluding hydrogens is 354 g/mol. The average molecular weight is 370 g/mol. The van der Waals surface area contributed by atoms with Crippen molar-refractivity contribution >= 4 is 39.1 Å². The third-order valence-electron chi connectivity index (χ3n) is 2.70. The zero-order valence-electron chi connectivity index (χ0n) is 13.1. The van der Waals surface area contributed by atoms with E-state index in [2.05, 4.69) is 24.6 Å². The SMILES string of the molecule is CCOC(=O)N=S(C)(=O)Cc1cccc(Nc2ncnc(Cl)n2)c1. The van der Waals surface area contributed by atoms with E-state index < -0.39 is 15.8 Å². The van der Waals surface area contributed by atoms with Gasteiger partial charge in [-0.1, -0.05) is 12.1 Å². The molecule has 0 aliphatic carbocycles. The van der Waals surface area contributed by atoms with E-state index in [1.807, 2.05) is 0 Å². The Labute approximate surface area is 144 Å². The van der Waals surface area contributed by atoms with Gasteiger partial charge >= 0.3 is 6.09 Å². The molecular formula is C14H16ClN5O3S. The first-order valence-electron chi connectivity index (χ1n) is 6.95. The first kappa shape index (κ1) is 18.1. The van der Waals surface area contributed by atoms with Crippen molar-refractivity contribution in [3.8, 4) is 0 Å². The van der Waals surface area contributed by atoms with Gasteiger partial charge in [0.1, 0.15) is 6.33 Å². The topological polar surface area (TPSA) is 106 Å². The van der Waals surface area contributed by atoms with Crippen LogP contribution in [0.2, 0.25) is 5.28 Å². The highest BCUT2D eigenvalue weighted by molar-refractivity contribution is 7.92. The van der Waals surface area contributed by atoms with Crippen LogP contribution in [0.3, 0.4) is 0 Å². The largest absolute Gasteiger partial charge is 0.448 e. The van der Waals surface area contributed by atoms with Crippen molar-refractivity contribution in [2.45, 2.75) is 12.7 Å². The van der Waals surface area contributed by atoms with E-state index in [0.717, 1.165) is 5.56 Å². The van der Waals surface area contributed by atoms with Gasteiger partial charge < -0.3 is 10.1 Å². The number of benzene rings is 1. The third-order valence-corrected chi connectivity index (χ3v) is 4.28. The fraction of sp³-hybridized carbons (Fsp3) is 0.286. The van der Waals surface area contributed by atoms with Crippen molar-refractivity contribution in [1.29, 1.82) is 0 Å². The summed E-state index contributed by atoms with van der Waals surface area (Å²) >= 11 is 5.71. The standard InChI is InChI=1S/C14H16ClN5O3S/c1-3-23-14(21)20-24(2,22)8-10-5-4-6-11(7-10)18-13-17-9-16-12(15)19-13/h4-7,9H,3,8H2,1-2H3,(H,16,17,18,19). The molecule has 2 aromatic rings. The molecule has 0 aliphatic heterocycles. The first-order valence-corrected chi connectivity index (χ1v) is 9.42. The summed E-state index contributed by atoms with van der Waals surface area (Å²) in [5.74, 6) is 0.403. The van der Waals surface area contributed by atoms with Crippen LogP contribution in [0.4, 0.5) is 16.4 Å². The molecule has 8 nitrogen and oxygen atoms in total. The smallest absolute Gasteiger partial charge is 0.441 e. The number of ether oxygens (including phenoxy) is 1. The summed E-state index contributed by atoms with van der Waals surface area (Å²) in [6, 6.07) is 7.12. The van der Waals surface area contributed by atoms with E-state index in [1.54, 1.807) is 31.2 Å². The number of amides is 1. The Morgan fingerprint density at radius 1 is 1.42 bits per heavy atom. The van der Waals surface area contributed by atoms with Crippen molar-refractivity contribution in [2.24, 2.45) is 4.36 Å². The van der Waals surface area contributed by atoms with Crippen molar-refractivity contribution in [2.75, 3.05) is 18.2 Å². The van der Waals surface area contributed by atoms with Gasteiger partial charge in [0.25, 0.3) is 0 Å². The van der Waals surface area contributed by atoms with Crippen LogP contribution in [0.5, 0.6) is 0 Å². The number of hydrogen-bond donors (Lipinski definition) is 1. The normalized spacial score (nSPS) is 13.0. The molecule has 1 aromatic heterocycles. The summed E-state index contributed by atoms with van der Waals surface area (Å²) in [6.07, 6.45) is 1.88. The van der Waals surface area contributed by atoms with Crippen LogP contribution >= 0.6 is 11.6 Å². The summed E-state index contributed by atoms with van der Waals surface area (Å²) < 4.78 is 20.7. The number of nitrogens with one attached hydrogen (secondary N) is 1. The van der Waals surface area contributed by atoms with Gasteiger partial charge in [0.15, 0.2) is 0 Å². The second kappa shape index (κ2) is 8.02. The Morgan fingerprint density at radius 2 is 2.21 bits per heavy atom. The van der Waals surface area contributed by atoms with Crippen LogP contribution in [0, 0.1) is 0 Å². The van der Waals surface area contributed by atoms with Crippen molar-refractivity contribution in [3.63, 3.8) is 0 Å². The molecule has 0 bridgehead atoms. The Bertz CT molecular complexity index is 852.